The van der Waals surface area contributed by atoms with Crippen LogP contribution in [0, 0.1) is 52.3 Å². The smallest absolute Gasteiger partial charge is 0.305 e. The number of carbonyl (C=O) groups is 2. The van der Waals surface area contributed by atoms with Crippen LogP contribution in [-0.4, -0.2) is 42.4 Å². The minimum atomic E-state index is -1.82. The van der Waals surface area contributed by atoms with E-state index in [-0.39, 0.29) is 35.6 Å². The second kappa shape index (κ2) is 8.87. The first kappa shape index (κ1) is 25.1. The molecule has 1 N–H and O–H groups in total. The Morgan fingerprint density at radius 2 is 1.85 bits per heavy atom. The van der Waals surface area contributed by atoms with Gasteiger partial charge in [0.25, 0.3) is 0 Å². The van der Waals surface area contributed by atoms with Crippen molar-refractivity contribution in [3.8, 4) is 0 Å². The number of ketones is 1. The molecule has 0 amide bonds. The molecular weight excluding hydrogens is 426 g/mol. The van der Waals surface area contributed by atoms with Crippen molar-refractivity contribution in [2.45, 2.75) is 97.5 Å². The van der Waals surface area contributed by atoms with Crippen molar-refractivity contribution in [3.63, 3.8) is 0 Å². The number of carbonyl (C=O) groups excluding carboxylic acids is 2. The van der Waals surface area contributed by atoms with Gasteiger partial charge in [-0.3, -0.25) is 9.59 Å². The van der Waals surface area contributed by atoms with Gasteiger partial charge < -0.3 is 9.84 Å². The van der Waals surface area contributed by atoms with E-state index in [4.69, 9.17) is 4.74 Å². The van der Waals surface area contributed by atoms with E-state index in [1.165, 1.54) is 7.11 Å². The van der Waals surface area contributed by atoms with Gasteiger partial charge in [-0.05, 0) is 84.9 Å². The van der Waals surface area contributed by atoms with Crippen LogP contribution in [0.3, 0.4) is 0 Å². The fourth-order valence-electron chi connectivity index (χ4n) is 9.47. The minimum absolute atomic E-state index is 0.0142. The molecule has 33 heavy (non-hydrogen) atoms. The fraction of sp³-hybridized carbons (Fsp3) is 0.926. The Hall–Kier alpha value is -1.04. The van der Waals surface area contributed by atoms with Gasteiger partial charge in [0, 0.05) is 12.3 Å². The second-order valence-electron chi connectivity index (χ2n) is 12.2. The summed E-state index contributed by atoms with van der Waals surface area (Å²) in [6, 6.07) is 0. The number of esters is 1. The van der Waals surface area contributed by atoms with E-state index in [1.54, 1.807) is 0 Å². The minimum Gasteiger partial charge on any atom is -0.469 e. The van der Waals surface area contributed by atoms with E-state index in [9.17, 15) is 19.1 Å². The zero-order valence-electron chi connectivity index (χ0n) is 20.9. The van der Waals surface area contributed by atoms with E-state index < -0.39 is 35.6 Å². The normalized spacial score (nSPS) is 50.2. The summed E-state index contributed by atoms with van der Waals surface area (Å²) in [5.41, 5.74) is -0.554. The molecule has 0 aromatic carbocycles. The number of aliphatic hydroxyl groups excluding tert-OH is 1. The average molecular weight is 469 g/mol. The maximum Gasteiger partial charge on any atom is 0.305 e. The van der Waals surface area contributed by atoms with Gasteiger partial charge in [-0.2, -0.15) is 0 Å². The van der Waals surface area contributed by atoms with Gasteiger partial charge in [-0.15, -0.1) is 0 Å². The molecule has 0 aromatic heterocycles. The number of halogens is 2. The Morgan fingerprint density at radius 3 is 2.48 bits per heavy atom. The van der Waals surface area contributed by atoms with E-state index in [0.29, 0.717) is 30.6 Å². The standard InChI is InChI=1S/C27H42F2O4/c1-6-15-22-23(29)25(32)19(28)13-27(22,4)18-11-12-26(3)16(14(2)7-10-20(30)33-5)8-9-17(26)21(18)24(15)31/h14-19,21-24,31H,6-13H2,1-5H3/t14-,15-,16?,17?,18?,19?,21?,22-,23-,24-,26-,27-/m1/s1. The van der Waals surface area contributed by atoms with E-state index in [1.807, 2.05) is 13.8 Å². The van der Waals surface area contributed by atoms with E-state index in [2.05, 4.69) is 13.8 Å². The van der Waals surface area contributed by atoms with Crippen LogP contribution in [0.4, 0.5) is 8.78 Å². The van der Waals surface area contributed by atoms with E-state index in [0.717, 1.165) is 32.1 Å². The molecule has 0 saturated heterocycles. The Labute approximate surface area is 197 Å². The van der Waals surface area contributed by atoms with Crippen LogP contribution >= 0.6 is 0 Å². The third kappa shape index (κ3) is 3.68. The Morgan fingerprint density at radius 1 is 1.18 bits per heavy atom. The van der Waals surface area contributed by atoms with Gasteiger partial charge in [0.1, 0.15) is 0 Å². The van der Waals surface area contributed by atoms with Gasteiger partial charge in [0.15, 0.2) is 12.3 Å². The largest absolute Gasteiger partial charge is 0.469 e. The topological polar surface area (TPSA) is 63.6 Å². The van der Waals surface area contributed by atoms with Crippen LogP contribution in [0.25, 0.3) is 0 Å². The lowest BCUT2D eigenvalue weighted by atomic mass is 9.41. The first-order valence-corrected chi connectivity index (χ1v) is 13.1. The molecule has 4 aliphatic carbocycles. The molecule has 4 nitrogen and oxygen atoms in total. The van der Waals surface area contributed by atoms with Crippen molar-refractivity contribution < 1.29 is 28.2 Å². The molecule has 0 radical (unpaired) electrons. The number of ether oxygens (including phenoxy) is 1. The van der Waals surface area contributed by atoms with Crippen LogP contribution in [0.5, 0.6) is 0 Å². The van der Waals surface area contributed by atoms with Crippen LogP contribution < -0.4 is 0 Å². The monoisotopic (exact) mass is 468 g/mol. The molecule has 0 heterocycles. The maximum absolute atomic E-state index is 15.3. The van der Waals surface area contributed by atoms with Gasteiger partial charge >= 0.3 is 5.97 Å². The number of rotatable bonds is 5. The fourth-order valence-corrected chi connectivity index (χ4v) is 9.47. The summed E-state index contributed by atoms with van der Waals surface area (Å²) in [5.74, 6) is -0.820. The molecule has 4 rings (SSSR count). The first-order valence-electron chi connectivity index (χ1n) is 13.1. The molecule has 0 aromatic rings. The molecule has 0 spiro atoms. The van der Waals surface area contributed by atoms with Gasteiger partial charge in [0.05, 0.1) is 13.2 Å². The lowest BCUT2D eigenvalue weighted by Gasteiger charge is -2.64. The summed E-state index contributed by atoms with van der Waals surface area (Å²) >= 11 is 0. The summed E-state index contributed by atoms with van der Waals surface area (Å²) in [4.78, 5) is 24.0. The van der Waals surface area contributed by atoms with Gasteiger partial charge in [-0.25, -0.2) is 8.78 Å². The zero-order valence-corrected chi connectivity index (χ0v) is 20.9. The Kier molecular flexibility index (Phi) is 6.74. The predicted octanol–water partition coefficient (Wildman–Crippen LogP) is 5.31. The molecule has 4 saturated carbocycles. The van der Waals surface area contributed by atoms with Crippen LogP contribution in [0.2, 0.25) is 0 Å². The molecule has 4 aliphatic rings. The summed E-state index contributed by atoms with van der Waals surface area (Å²) < 4.78 is 34.9. The lowest BCUT2D eigenvalue weighted by Crippen LogP contribution is -2.66. The third-order valence-electron chi connectivity index (χ3n) is 11.0. The third-order valence-corrected chi connectivity index (χ3v) is 11.0. The highest BCUT2D eigenvalue weighted by molar-refractivity contribution is 5.88. The predicted molar refractivity (Wildman–Crippen MR) is 122 cm³/mol. The number of alkyl halides is 2. The first-order chi connectivity index (χ1) is 15.5. The van der Waals surface area contributed by atoms with Crippen molar-refractivity contribution in [3.05, 3.63) is 0 Å². The molecule has 6 heteroatoms. The van der Waals surface area contributed by atoms with Crippen molar-refractivity contribution >= 4 is 11.8 Å². The van der Waals surface area contributed by atoms with Gasteiger partial charge in [-0.1, -0.05) is 34.1 Å². The van der Waals surface area contributed by atoms with Crippen molar-refractivity contribution in [1.29, 1.82) is 0 Å². The summed E-state index contributed by atoms with van der Waals surface area (Å²) in [5, 5.41) is 11.6. The number of Topliss-reactive ketones (excluding diaryl/α,β-unsaturated/α-hetero) is 1. The molecule has 0 bridgehead atoms. The van der Waals surface area contributed by atoms with Crippen molar-refractivity contribution in [2.75, 3.05) is 7.11 Å². The Balaban J connectivity index is 1.63. The van der Waals surface area contributed by atoms with Gasteiger partial charge in [0.2, 0.25) is 5.78 Å². The lowest BCUT2D eigenvalue weighted by molar-refractivity contribution is -0.213. The highest BCUT2D eigenvalue weighted by atomic mass is 19.1. The molecule has 5 unspecified atom stereocenters. The number of methoxy groups -OCH3 is 1. The summed E-state index contributed by atoms with van der Waals surface area (Å²) in [7, 11) is 1.42. The highest BCUT2D eigenvalue weighted by Crippen LogP contribution is 2.69. The molecular formula is C27H42F2O4. The zero-order chi connectivity index (χ0) is 24.3. The average Bonchev–Trinajstić information content (AvgIpc) is 3.14. The molecule has 188 valence electrons. The van der Waals surface area contributed by atoms with Crippen LogP contribution in [-0.2, 0) is 14.3 Å². The van der Waals surface area contributed by atoms with Crippen LogP contribution in [0.1, 0.15) is 79.1 Å². The molecule has 0 aliphatic heterocycles. The molecule has 12 atom stereocenters. The number of hydrogen-bond donors (Lipinski definition) is 1. The van der Waals surface area contributed by atoms with Crippen molar-refractivity contribution in [2.24, 2.45) is 52.3 Å². The SMILES string of the molecule is CC[C@@H]1[C@@H]2[C@@H](F)C(=O)C(F)C[C@]2(C)C2CC[C@@]3(C)C(CCC3[C@H](C)CCC(=O)OC)C2[C@@H]1O. The molecule has 4 fully saturated rings. The maximum atomic E-state index is 15.3. The van der Waals surface area contributed by atoms with Crippen molar-refractivity contribution in [1.82, 2.24) is 0 Å². The number of hydrogen-bond acceptors (Lipinski definition) is 4. The highest BCUT2D eigenvalue weighted by Gasteiger charge is 2.68. The quantitative estimate of drug-likeness (QED) is 0.556. The number of aliphatic hydroxyl groups is 1. The summed E-state index contributed by atoms with van der Waals surface area (Å²) in [6.07, 6.45) is 1.57. The Bertz CT molecular complexity index is 773. The number of fused-ring (bicyclic) bond motifs is 5. The summed E-state index contributed by atoms with van der Waals surface area (Å²) in [6.45, 7) is 8.54. The van der Waals surface area contributed by atoms with Crippen LogP contribution in [0.15, 0.2) is 0 Å². The van der Waals surface area contributed by atoms with E-state index >= 15 is 4.39 Å². The second-order valence-corrected chi connectivity index (χ2v) is 12.2.